The zero-order chi connectivity index (χ0) is 15.3. The molecule has 0 radical (unpaired) electrons. The molecule has 1 saturated heterocycles. The van der Waals surface area contributed by atoms with Crippen LogP contribution in [0.25, 0.3) is 0 Å². The van der Waals surface area contributed by atoms with E-state index in [1.165, 1.54) is 5.56 Å². The van der Waals surface area contributed by atoms with Gasteiger partial charge in [0.1, 0.15) is 6.10 Å². The molecule has 0 amide bonds. The smallest absolute Gasteiger partial charge is 0.165 e. The van der Waals surface area contributed by atoms with Gasteiger partial charge < -0.3 is 25.6 Å². The van der Waals surface area contributed by atoms with Crippen molar-refractivity contribution in [1.29, 1.82) is 0 Å². The maximum atomic E-state index is 11.7. The van der Waals surface area contributed by atoms with E-state index in [1.54, 1.807) is 6.07 Å². The van der Waals surface area contributed by atoms with Crippen LogP contribution in [0.1, 0.15) is 30.4 Å². The molecule has 2 aliphatic heterocycles. The van der Waals surface area contributed by atoms with Crippen LogP contribution in [-0.2, 0) is 11.8 Å². The Balaban J connectivity index is 1.86. The van der Waals surface area contributed by atoms with Gasteiger partial charge in [-0.2, -0.15) is 0 Å². The molecular formula is C17H22N2O3. The van der Waals surface area contributed by atoms with Gasteiger partial charge in [0.15, 0.2) is 11.5 Å². The average molecular weight is 302 g/mol. The molecule has 2 fully saturated rings. The molecule has 1 aromatic carbocycles. The van der Waals surface area contributed by atoms with E-state index < -0.39 is 11.0 Å². The van der Waals surface area contributed by atoms with Crippen molar-refractivity contribution in [3.63, 3.8) is 0 Å². The molecule has 4 N–H and O–H groups in total. The van der Waals surface area contributed by atoms with E-state index in [-0.39, 0.29) is 23.9 Å². The third-order valence-electron chi connectivity index (χ3n) is 6.78. The summed E-state index contributed by atoms with van der Waals surface area (Å²) in [6, 6.07) is 3.71. The lowest BCUT2D eigenvalue weighted by Crippen LogP contribution is -2.77. The Morgan fingerprint density at radius 2 is 2.18 bits per heavy atom. The van der Waals surface area contributed by atoms with Crippen LogP contribution in [0, 0.1) is 0 Å². The van der Waals surface area contributed by atoms with Gasteiger partial charge in [-0.3, -0.25) is 0 Å². The Morgan fingerprint density at radius 3 is 3.00 bits per heavy atom. The van der Waals surface area contributed by atoms with Crippen molar-refractivity contribution in [1.82, 2.24) is 4.90 Å². The summed E-state index contributed by atoms with van der Waals surface area (Å²) in [5.74, 6) is 0.746. The third kappa shape index (κ3) is 1.17. The summed E-state index contributed by atoms with van der Waals surface area (Å²) >= 11 is 0. The lowest BCUT2D eigenvalue weighted by atomic mass is 9.48. The average Bonchev–Trinajstić information content (AvgIpc) is 2.85. The minimum absolute atomic E-state index is 0.0953. The lowest BCUT2D eigenvalue weighted by Gasteiger charge is -2.63. The van der Waals surface area contributed by atoms with Crippen LogP contribution < -0.4 is 10.5 Å². The molecule has 0 aromatic heterocycles. The number of hydrogen-bond acceptors (Lipinski definition) is 5. The Labute approximate surface area is 129 Å². The maximum Gasteiger partial charge on any atom is 0.165 e. The fourth-order valence-electron chi connectivity index (χ4n) is 5.79. The third-order valence-corrected chi connectivity index (χ3v) is 6.78. The summed E-state index contributed by atoms with van der Waals surface area (Å²) in [4.78, 5) is 2.28. The molecule has 5 rings (SSSR count). The van der Waals surface area contributed by atoms with Crippen molar-refractivity contribution in [3.8, 4) is 11.5 Å². The van der Waals surface area contributed by atoms with E-state index in [9.17, 15) is 10.2 Å². The highest BCUT2D eigenvalue weighted by Crippen LogP contribution is 2.64. The van der Waals surface area contributed by atoms with Crippen molar-refractivity contribution in [2.24, 2.45) is 5.73 Å². The number of aliphatic hydroxyl groups is 1. The molecule has 2 aliphatic carbocycles. The van der Waals surface area contributed by atoms with Gasteiger partial charge >= 0.3 is 0 Å². The largest absolute Gasteiger partial charge is 0.504 e. The summed E-state index contributed by atoms with van der Waals surface area (Å²) in [5, 5.41) is 22.0. The summed E-state index contributed by atoms with van der Waals surface area (Å²) in [6.07, 6.45) is 2.88. The van der Waals surface area contributed by atoms with E-state index >= 15 is 0 Å². The summed E-state index contributed by atoms with van der Waals surface area (Å²) in [5.41, 5.74) is 7.35. The molecule has 5 atom stereocenters. The number of nitrogens with two attached hydrogens (primary N) is 1. The molecule has 22 heavy (non-hydrogen) atoms. The lowest BCUT2D eigenvalue weighted by molar-refractivity contribution is -0.184. The highest BCUT2D eigenvalue weighted by molar-refractivity contribution is 5.62. The van der Waals surface area contributed by atoms with E-state index in [2.05, 4.69) is 11.9 Å². The Hall–Kier alpha value is -1.30. The molecule has 1 saturated carbocycles. The SMILES string of the molecule is CN1CCC23c4c5ccc(O)c4O[C@H]2[C@@H](N)CC[C@@]3(O)C1C5. The van der Waals surface area contributed by atoms with Crippen LogP contribution in [0.2, 0.25) is 0 Å². The quantitative estimate of drug-likeness (QED) is 0.650. The van der Waals surface area contributed by atoms with Gasteiger partial charge in [-0.05, 0) is 50.9 Å². The maximum absolute atomic E-state index is 11.7. The number of ether oxygens (including phenoxy) is 1. The molecule has 2 unspecified atom stereocenters. The fraction of sp³-hybridized carbons (Fsp3) is 0.647. The predicted molar refractivity (Wildman–Crippen MR) is 81.1 cm³/mol. The first-order valence-corrected chi connectivity index (χ1v) is 8.19. The topological polar surface area (TPSA) is 79.0 Å². The number of phenols is 1. The molecule has 1 aromatic rings. The standard InChI is InChI=1S/C17H22N2O3/c1-19-7-6-16-13-9-2-3-11(20)14(13)22-15(16)10(18)4-5-17(16,21)12(19)8-9/h2-3,10,12,15,20-21H,4-8,18H2,1H3/t10-,12?,15-,16?,17+/m0/s1. The number of phenolic OH excluding ortho intramolecular Hbond substituents is 1. The second-order valence-corrected chi connectivity index (χ2v) is 7.54. The van der Waals surface area contributed by atoms with E-state index in [0.717, 1.165) is 31.4 Å². The van der Waals surface area contributed by atoms with E-state index in [1.807, 2.05) is 6.07 Å². The van der Waals surface area contributed by atoms with E-state index in [4.69, 9.17) is 10.5 Å². The summed E-state index contributed by atoms with van der Waals surface area (Å²) in [7, 11) is 2.10. The van der Waals surface area contributed by atoms with Crippen molar-refractivity contribution < 1.29 is 14.9 Å². The van der Waals surface area contributed by atoms with Crippen LogP contribution >= 0.6 is 0 Å². The minimum atomic E-state index is -0.813. The van der Waals surface area contributed by atoms with Crippen LogP contribution in [0.15, 0.2) is 12.1 Å². The normalized spacial score (nSPS) is 45.3. The molecule has 4 aliphatic rings. The molecule has 2 heterocycles. The van der Waals surface area contributed by atoms with Crippen molar-refractivity contribution in [2.75, 3.05) is 13.6 Å². The van der Waals surface area contributed by atoms with Crippen molar-refractivity contribution >= 4 is 0 Å². The van der Waals surface area contributed by atoms with Crippen LogP contribution in [0.4, 0.5) is 0 Å². The van der Waals surface area contributed by atoms with Gasteiger partial charge in [0.05, 0.1) is 11.0 Å². The number of likely N-dealkylation sites (tertiary alicyclic amines) is 1. The van der Waals surface area contributed by atoms with Gasteiger partial charge in [-0.25, -0.2) is 0 Å². The van der Waals surface area contributed by atoms with Crippen LogP contribution in [0.3, 0.4) is 0 Å². The number of rotatable bonds is 0. The van der Waals surface area contributed by atoms with Crippen LogP contribution in [-0.4, -0.2) is 52.5 Å². The number of benzene rings is 1. The predicted octanol–water partition coefficient (Wildman–Crippen LogP) is 0.503. The first kappa shape index (κ1) is 13.2. The molecule has 1 spiro atoms. The number of nitrogens with zero attached hydrogens (tertiary/aromatic N) is 1. The zero-order valence-electron chi connectivity index (χ0n) is 12.7. The Kier molecular flexibility index (Phi) is 2.26. The monoisotopic (exact) mass is 302 g/mol. The van der Waals surface area contributed by atoms with Gasteiger partial charge in [-0.1, -0.05) is 6.07 Å². The van der Waals surface area contributed by atoms with Gasteiger partial charge in [0.25, 0.3) is 0 Å². The first-order valence-electron chi connectivity index (χ1n) is 8.19. The first-order chi connectivity index (χ1) is 10.5. The zero-order valence-corrected chi connectivity index (χ0v) is 12.7. The van der Waals surface area contributed by atoms with Gasteiger partial charge in [0.2, 0.25) is 0 Å². The van der Waals surface area contributed by atoms with E-state index in [0.29, 0.717) is 12.2 Å². The number of aromatic hydroxyl groups is 1. The molecule has 5 heteroatoms. The van der Waals surface area contributed by atoms with Gasteiger partial charge in [0, 0.05) is 17.6 Å². The number of likely N-dealkylation sites (N-methyl/N-ethyl adjacent to an activating group) is 1. The molecule has 2 bridgehead atoms. The Bertz CT molecular complexity index is 678. The second kappa shape index (κ2) is 3.78. The highest BCUT2D eigenvalue weighted by atomic mass is 16.5. The minimum Gasteiger partial charge on any atom is -0.504 e. The van der Waals surface area contributed by atoms with Crippen LogP contribution in [0.5, 0.6) is 11.5 Å². The van der Waals surface area contributed by atoms with Gasteiger partial charge in [-0.15, -0.1) is 0 Å². The number of piperidine rings is 1. The summed E-state index contributed by atoms with van der Waals surface area (Å²) in [6.45, 7) is 0.925. The number of hydrogen-bond donors (Lipinski definition) is 3. The summed E-state index contributed by atoms with van der Waals surface area (Å²) < 4.78 is 6.17. The molecular weight excluding hydrogens is 280 g/mol. The molecule has 5 nitrogen and oxygen atoms in total. The highest BCUT2D eigenvalue weighted by Gasteiger charge is 2.72. The van der Waals surface area contributed by atoms with Crippen molar-refractivity contribution in [2.45, 2.75) is 54.9 Å². The Morgan fingerprint density at radius 1 is 1.36 bits per heavy atom. The second-order valence-electron chi connectivity index (χ2n) is 7.54. The molecule has 118 valence electrons. The van der Waals surface area contributed by atoms with Crippen molar-refractivity contribution in [3.05, 3.63) is 23.3 Å². The fourth-order valence-corrected chi connectivity index (χ4v) is 5.79.